The first-order chi connectivity index (χ1) is 12.9. The lowest BCUT2D eigenvalue weighted by molar-refractivity contribution is 0.101. The number of halogens is 1. The second-order valence-electron chi connectivity index (χ2n) is 6.13. The molecule has 0 bridgehead atoms. The van der Waals surface area contributed by atoms with Crippen LogP contribution in [0.2, 0.25) is 0 Å². The summed E-state index contributed by atoms with van der Waals surface area (Å²) in [4.78, 5) is 17.2. The number of rotatable bonds is 6. The van der Waals surface area contributed by atoms with Crippen LogP contribution in [0.1, 0.15) is 34.4 Å². The summed E-state index contributed by atoms with van der Waals surface area (Å²) in [5.41, 5.74) is 2.21. The van der Waals surface area contributed by atoms with Crippen LogP contribution in [0, 0.1) is 24.2 Å². The predicted molar refractivity (Wildman–Crippen MR) is 101 cm³/mol. The van der Waals surface area contributed by atoms with Gasteiger partial charge in [-0.1, -0.05) is 6.08 Å². The number of amides is 1. The number of aromatic nitrogens is 2. The molecule has 3 N–H and O–H groups in total. The zero-order valence-corrected chi connectivity index (χ0v) is 15.6. The van der Waals surface area contributed by atoms with Crippen molar-refractivity contribution in [2.75, 3.05) is 11.9 Å². The van der Waals surface area contributed by atoms with Gasteiger partial charge in [0.15, 0.2) is 0 Å². The molecule has 0 spiro atoms. The van der Waals surface area contributed by atoms with E-state index < -0.39 is 11.9 Å². The van der Waals surface area contributed by atoms with Gasteiger partial charge in [0.2, 0.25) is 5.95 Å². The molecule has 0 fully saturated rings. The maximum atomic E-state index is 13.5. The molecule has 1 aliphatic rings. The number of hydrogen-bond acceptors (Lipinski definition) is 6. The second-order valence-corrected chi connectivity index (χ2v) is 6.98. The molecule has 0 aromatic carbocycles. The lowest BCUT2D eigenvalue weighted by Gasteiger charge is -2.10. The van der Waals surface area contributed by atoms with Crippen LogP contribution >= 0.6 is 11.9 Å². The summed E-state index contributed by atoms with van der Waals surface area (Å²) < 4.78 is 18.5. The molecule has 2 aromatic heterocycles. The number of hydrogen-bond donors (Lipinski definition) is 3. The largest absolute Gasteiger partial charge is 0.395 e. The summed E-state index contributed by atoms with van der Waals surface area (Å²) in [5, 5.41) is 20.7. The zero-order chi connectivity index (χ0) is 19.6. The number of aliphatic hydroxyl groups is 1. The van der Waals surface area contributed by atoms with Crippen LogP contribution < -0.4 is 10.0 Å². The number of anilines is 1. The van der Waals surface area contributed by atoms with Crippen LogP contribution in [-0.4, -0.2) is 33.2 Å². The Hall–Kier alpha value is -2.67. The molecule has 0 saturated carbocycles. The van der Waals surface area contributed by atoms with Gasteiger partial charge in [-0.05, 0) is 43.5 Å². The number of carbonyl (C=O) groups excluding carboxylic acids is 1. The predicted octanol–water partition coefficient (Wildman–Crippen LogP) is 2.46. The summed E-state index contributed by atoms with van der Waals surface area (Å²) in [6.45, 7) is 4.26. The third-order valence-electron chi connectivity index (χ3n) is 4.07. The van der Waals surface area contributed by atoms with Gasteiger partial charge in [-0.25, -0.2) is 4.98 Å². The van der Waals surface area contributed by atoms with E-state index in [4.69, 9.17) is 5.26 Å². The first kappa shape index (κ1) is 19.1. The first-order valence-corrected chi connectivity index (χ1v) is 9.08. The van der Waals surface area contributed by atoms with Gasteiger partial charge in [0.1, 0.15) is 17.5 Å². The summed E-state index contributed by atoms with van der Waals surface area (Å²) >= 11 is 1.36. The number of carbonyl (C=O) groups is 1. The van der Waals surface area contributed by atoms with E-state index in [1.807, 2.05) is 30.6 Å². The van der Waals surface area contributed by atoms with E-state index in [0.717, 1.165) is 22.2 Å². The van der Waals surface area contributed by atoms with E-state index in [9.17, 15) is 14.3 Å². The highest BCUT2D eigenvalue weighted by molar-refractivity contribution is 7.97. The molecule has 27 heavy (non-hydrogen) atoms. The molecule has 3 rings (SSSR count). The maximum absolute atomic E-state index is 13.5. The third-order valence-corrected chi connectivity index (χ3v) is 5.31. The number of allylic oxidation sites excluding steroid dienone is 1. The molecule has 0 radical (unpaired) electrons. The minimum absolute atomic E-state index is 0.000104. The Labute approximate surface area is 160 Å². The van der Waals surface area contributed by atoms with Crippen molar-refractivity contribution in [1.29, 1.82) is 5.26 Å². The molecule has 140 valence electrons. The molecule has 1 atom stereocenters. The fraction of sp³-hybridized carbons (Fsp3) is 0.278. The van der Waals surface area contributed by atoms with Gasteiger partial charge in [0.05, 0.1) is 17.2 Å². The minimum Gasteiger partial charge on any atom is -0.395 e. The molecular weight excluding hydrogens is 369 g/mol. The highest BCUT2D eigenvalue weighted by Gasteiger charge is 2.26. The van der Waals surface area contributed by atoms with Crippen molar-refractivity contribution in [3.63, 3.8) is 0 Å². The van der Waals surface area contributed by atoms with Crippen LogP contribution in [0.4, 0.5) is 10.1 Å². The number of nitrogens with one attached hydrogen (secondary N) is 2. The Balaban J connectivity index is 1.90. The SMILES string of the molecule is Cc1c(SNC(C)CO)c2n(c1C(=O)Nc1cc(F)nc(C#N)c1)CC=C2. The smallest absolute Gasteiger partial charge is 0.272 e. The normalized spacial score (nSPS) is 13.3. The van der Waals surface area contributed by atoms with E-state index in [0.29, 0.717) is 12.2 Å². The van der Waals surface area contributed by atoms with Crippen molar-refractivity contribution in [3.05, 3.63) is 46.8 Å². The van der Waals surface area contributed by atoms with Gasteiger partial charge in [-0.2, -0.15) is 9.65 Å². The van der Waals surface area contributed by atoms with Gasteiger partial charge in [-0.3, -0.25) is 9.52 Å². The number of aliphatic hydroxyl groups excluding tert-OH is 1. The van der Waals surface area contributed by atoms with Gasteiger partial charge < -0.3 is 15.0 Å². The van der Waals surface area contributed by atoms with Crippen LogP contribution in [0.5, 0.6) is 0 Å². The molecular formula is C18H18FN5O2S. The number of fused-ring (bicyclic) bond motifs is 1. The highest BCUT2D eigenvalue weighted by atomic mass is 32.2. The van der Waals surface area contributed by atoms with E-state index in [1.165, 1.54) is 18.0 Å². The Morgan fingerprint density at radius 3 is 3.04 bits per heavy atom. The zero-order valence-electron chi connectivity index (χ0n) is 14.8. The maximum Gasteiger partial charge on any atom is 0.272 e. The Bertz CT molecular complexity index is 964. The summed E-state index contributed by atoms with van der Waals surface area (Å²) in [5.74, 6) is -1.23. The summed E-state index contributed by atoms with van der Waals surface area (Å²) in [7, 11) is 0. The topological polar surface area (TPSA) is 103 Å². The number of nitriles is 1. The van der Waals surface area contributed by atoms with Crippen LogP contribution in [-0.2, 0) is 6.54 Å². The molecule has 2 aromatic rings. The molecule has 0 aliphatic carbocycles. The first-order valence-electron chi connectivity index (χ1n) is 8.26. The molecule has 1 aliphatic heterocycles. The van der Waals surface area contributed by atoms with E-state index in [1.54, 1.807) is 6.07 Å². The van der Waals surface area contributed by atoms with Crippen molar-refractivity contribution < 1.29 is 14.3 Å². The van der Waals surface area contributed by atoms with Crippen molar-refractivity contribution in [3.8, 4) is 6.07 Å². The molecule has 7 nitrogen and oxygen atoms in total. The second kappa shape index (κ2) is 7.92. The summed E-state index contributed by atoms with van der Waals surface area (Å²) in [6.07, 6.45) is 3.89. The van der Waals surface area contributed by atoms with Crippen molar-refractivity contribution in [2.45, 2.75) is 31.3 Å². The number of pyridine rings is 1. The van der Waals surface area contributed by atoms with E-state index in [2.05, 4.69) is 15.0 Å². The lowest BCUT2D eigenvalue weighted by atomic mass is 10.2. The fourth-order valence-electron chi connectivity index (χ4n) is 2.81. The van der Waals surface area contributed by atoms with E-state index in [-0.39, 0.29) is 24.0 Å². The standard InChI is InChI=1S/C18H18FN5O2S/c1-10(9-25)23-27-17-11(2)16(24-5-3-4-14(17)24)18(26)22-12-6-13(8-20)21-15(19)7-12/h3-4,6-7,10,23,25H,5,9H2,1-2H3,(H,21,22,26). The molecule has 1 amide bonds. The molecule has 3 heterocycles. The molecule has 0 saturated heterocycles. The summed E-state index contributed by atoms with van der Waals surface area (Å²) in [6, 6.07) is 4.05. The van der Waals surface area contributed by atoms with E-state index >= 15 is 0 Å². The monoisotopic (exact) mass is 387 g/mol. The van der Waals surface area contributed by atoms with Crippen molar-refractivity contribution in [2.24, 2.45) is 0 Å². The molecule has 9 heteroatoms. The quantitative estimate of drug-likeness (QED) is 0.520. The minimum atomic E-state index is -0.832. The average Bonchev–Trinajstić information content (AvgIpc) is 3.19. The van der Waals surface area contributed by atoms with Crippen LogP contribution in [0.15, 0.2) is 23.1 Å². The Kier molecular flexibility index (Phi) is 5.60. The highest BCUT2D eigenvalue weighted by Crippen LogP contribution is 2.34. The van der Waals surface area contributed by atoms with Crippen molar-refractivity contribution in [1.82, 2.24) is 14.3 Å². The van der Waals surface area contributed by atoms with Gasteiger partial charge >= 0.3 is 0 Å². The average molecular weight is 387 g/mol. The third kappa shape index (κ3) is 3.88. The van der Waals surface area contributed by atoms with Crippen molar-refractivity contribution >= 4 is 29.6 Å². The van der Waals surface area contributed by atoms with Gasteiger partial charge in [0, 0.05) is 24.3 Å². The Morgan fingerprint density at radius 1 is 1.56 bits per heavy atom. The fourth-order valence-corrected chi connectivity index (χ4v) is 3.73. The lowest BCUT2D eigenvalue weighted by Crippen LogP contribution is -2.22. The van der Waals surface area contributed by atoms with Gasteiger partial charge in [0.25, 0.3) is 5.91 Å². The molecule has 1 unspecified atom stereocenters. The number of nitrogens with zero attached hydrogens (tertiary/aromatic N) is 3. The van der Waals surface area contributed by atoms with Crippen LogP contribution in [0.3, 0.4) is 0 Å². The van der Waals surface area contributed by atoms with Crippen LogP contribution in [0.25, 0.3) is 6.08 Å². The van der Waals surface area contributed by atoms with Gasteiger partial charge in [-0.15, -0.1) is 0 Å². The Morgan fingerprint density at radius 2 is 2.33 bits per heavy atom.